The third-order valence-electron chi connectivity index (χ3n) is 3.92. The number of sulfonamides is 1. The number of amides is 1. The van der Waals surface area contributed by atoms with E-state index in [2.05, 4.69) is 5.32 Å². The number of hydrogen-bond donors (Lipinski definition) is 1. The third-order valence-corrected chi connectivity index (χ3v) is 5.16. The molecule has 1 rings (SSSR count). The number of nitrogens with zero attached hydrogens (tertiary/aromatic N) is 1. The van der Waals surface area contributed by atoms with Crippen LogP contribution in [0.3, 0.4) is 0 Å². The lowest BCUT2D eigenvalue weighted by Crippen LogP contribution is -2.52. The molecule has 0 aliphatic rings. The topological polar surface area (TPSA) is 66.5 Å². The number of rotatable bonds is 7. The van der Waals surface area contributed by atoms with Gasteiger partial charge >= 0.3 is 0 Å². The Kier molecular flexibility index (Phi) is 6.77. The van der Waals surface area contributed by atoms with Crippen LogP contribution < -0.4 is 9.62 Å². The van der Waals surface area contributed by atoms with Gasteiger partial charge < -0.3 is 5.32 Å². The van der Waals surface area contributed by atoms with Crippen molar-refractivity contribution in [2.45, 2.75) is 46.7 Å². The summed E-state index contributed by atoms with van der Waals surface area (Å²) in [6.07, 6.45) is 1.03. The molecule has 0 saturated carbocycles. The zero-order valence-electron chi connectivity index (χ0n) is 15.1. The van der Waals surface area contributed by atoms with Crippen molar-refractivity contribution < 1.29 is 17.6 Å². The first-order chi connectivity index (χ1) is 10.9. The standard InChI is InChI=1S/C17H27FN2O3S/c1-11(2)16(12(3)4)19-17(21)13(5)20(24(6,22)23)15-9-7-14(18)8-10-15/h7-13,16H,1-6H3,(H,19,21)/t13-/m1/s1. The molecule has 0 aliphatic carbocycles. The van der Waals surface area contributed by atoms with Crippen molar-refractivity contribution in [1.29, 1.82) is 0 Å². The van der Waals surface area contributed by atoms with Gasteiger partial charge in [-0.15, -0.1) is 0 Å². The smallest absolute Gasteiger partial charge is 0.243 e. The van der Waals surface area contributed by atoms with Gasteiger partial charge in [0.1, 0.15) is 11.9 Å². The minimum absolute atomic E-state index is 0.0606. The molecule has 0 saturated heterocycles. The number of benzene rings is 1. The highest BCUT2D eigenvalue weighted by molar-refractivity contribution is 7.92. The Labute approximate surface area is 144 Å². The van der Waals surface area contributed by atoms with E-state index in [0.717, 1.165) is 10.6 Å². The molecular formula is C17H27FN2O3S. The van der Waals surface area contributed by atoms with E-state index in [4.69, 9.17) is 0 Å². The molecule has 1 aromatic carbocycles. The van der Waals surface area contributed by atoms with Crippen molar-refractivity contribution >= 4 is 21.6 Å². The van der Waals surface area contributed by atoms with Gasteiger partial charge in [0.05, 0.1) is 11.9 Å². The van der Waals surface area contributed by atoms with Crippen LogP contribution in [0.4, 0.5) is 10.1 Å². The van der Waals surface area contributed by atoms with E-state index in [1.807, 2.05) is 27.7 Å². The molecule has 1 N–H and O–H groups in total. The second kappa shape index (κ2) is 7.96. The van der Waals surface area contributed by atoms with Gasteiger partial charge in [-0.25, -0.2) is 12.8 Å². The van der Waals surface area contributed by atoms with Gasteiger partial charge in [0, 0.05) is 6.04 Å². The normalized spacial score (nSPS) is 13.4. The molecule has 24 heavy (non-hydrogen) atoms. The molecule has 0 spiro atoms. The van der Waals surface area contributed by atoms with Crippen molar-refractivity contribution in [2.75, 3.05) is 10.6 Å². The molecule has 0 fully saturated rings. The number of halogens is 1. The summed E-state index contributed by atoms with van der Waals surface area (Å²) in [7, 11) is -3.70. The fraction of sp³-hybridized carbons (Fsp3) is 0.588. The van der Waals surface area contributed by atoms with E-state index in [-0.39, 0.29) is 29.5 Å². The van der Waals surface area contributed by atoms with Crippen molar-refractivity contribution in [3.05, 3.63) is 30.1 Å². The molecule has 1 amide bonds. The van der Waals surface area contributed by atoms with Gasteiger partial charge in [-0.3, -0.25) is 9.10 Å². The Bertz CT molecular complexity index is 649. The summed E-state index contributed by atoms with van der Waals surface area (Å²) in [6, 6.07) is 4.04. The fourth-order valence-corrected chi connectivity index (χ4v) is 3.96. The highest BCUT2D eigenvalue weighted by Gasteiger charge is 2.31. The summed E-state index contributed by atoms with van der Waals surface area (Å²) in [5, 5.41) is 2.93. The predicted octanol–water partition coefficient (Wildman–Crippen LogP) is 2.78. The second-order valence-corrected chi connectivity index (χ2v) is 8.59. The van der Waals surface area contributed by atoms with Crippen molar-refractivity contribution in [3.8, 4) is 0 Å². The molecule has 5 nitrogen and oxygen atoms in total. The Hall–Kier alpha value is -1.63. The highest BCUT2D eigenvalue weighted by Crippen LogP contribution is 2.22. The Morgan fingerprint density at radius 2 is 1.50 bits per heavy atom. The molecule has 0 heterocycles. The average Bonchev–Trinajstić information content (AvgIpc) is 2.44. The first kappa shape index (κ1) is 20.4. The van der Waals surface area contributed by atoms with Crippen LogP contribution in [0.5, 0.6) is 0 Å². The van der Waals surface area contributed by atoms with Gasteiger partial charge in [-0.2, -0.15) is 0 Å². The fourth-order valence-electron chi connectivity index (χ4n) is 2.78. The summed E-state index contributed by atoms with van der Waals surface area (Å²) in [4.78, 5) is 12.6. The van der Waals surface area contributed by atoms with Gasteiger partial charge in [0.15, 0.2) is 0 Å². The molecule has 1 aromatic rings. The molecule has 0 radical (unpaired) electrons. The number of hydrogen-bond acceptors (Lipinski definition) is 3. The highest BCUT2D eigenvalue weighted by atomic mass is 32.2. The van der Waals surface area contributed by atoms with Gasteiger partial charge in [-0.1, -0.05) is 27.7 Å². The lowest BCUT2D eigenvalue weighted by molar-refractivity contribution is -0.123. The number of nitrogens with one attached hydrogen (secondary N) is 1. The van der Waals surface area contributed by atoms with E-state index in [9.17, 15) is 17.6 Å². The molecule has 1 atom stereocenters. The minimum atomic E-state index is -3.70. The molecule has 7 heteroatoms. The van der Waals surface area contributed by atoms with E-state index < -0.39 is 21.9 Å². The van der Waals surface area contributed by atoms with Crippen molar-refractivity contribution in [2.24, 2.45) is 11.8 Å². The predicted molar refractivity (Wildman–Crippen MR) is 94.8 cm³/mol. The molecule has 0 bridgehead atoms. The zero-order chi connectivity index (χ0) is 18.7. The number of anilines is 1. The van der Waals surface area contributed by atoms with Crippen molar-refractivity contribution in [1.82, 2.24) is 5.32 Å². The summed E-state index contributed by atoms with van der Waals surface area (Å²) in [5.41, 5.74) is 0.257. The van der Waals surface area contributed by atoms with Crippen LogP contribution in [0, 0.1) is 17.7 Å². The maximum Gasteiger partial charge on any atom is 0.243 e. The number of carbonyl (C=O) groups is 1. The quantitative estimate of drug-likeness (QED) is 0.815. The van der Waals surface area contributed by atoms with Gasteiger partial charge in [-0.05, 0) is 43.0 Å². The Morgan fingerprint density at radius 1 is 1.04 bits per heavy atom. The Balaban J connectivity index is 3.11. The summed E-state index contributed by atoms with van der Waals surface area (Å²) in [5.74, 6) is -0.404. The second-order valence-electron chi connectivity index (χ2n) is 6.73. The lowest BCUT2D eigenvalue weighted by atomic mass is 9.93. The molecule has 0 unspecified atom stereocenters. The summed E-state index contributed by atoms with van der Waals surface area (Å²) < 4.78 is 38.5. The van der Waals surface area contributed by atoms with E-state index >= 15 is 0 Å². The maximum atomic E-state index is 13.1. The summed E-state index contributed by atoms with van der Waals surface area (Å²) >= 11 is 0. The SMILES string of the molecule is CC(C)C(NC(=O)[C@@H](C)N(c1ccc(F)cc1)S(C)(=O)=O)C(C)C. The first-order valence-electron chi connectivity index (χ1n) is 8.00. The minimum Gasteiger partial charge on any atom is -0.351 e. The largest absolute Gasteiger partial charge is 0.351 e. The van der Waals surface area contributed by atoms with Crippen LogP contribution in [0.2, 0.25) is 0 Å². The first-order valence-corrected chi connectivity index (χ1v) is 9.85. The molecule has 0 aliphatic heterocycles. The average molecular weight is 358 g/mol. The van der Waals surface area contributed by atoms with Crippen LogP contribution >= 0.6 is 0 Å². The van der Waals surface area contributed by atoms with Gasteiger partial charge in [0.25, 0.3) is 0 Å². The lowest BCUT2D eigenvalue weighted by Gasteiger charge is -2.32. The van der Waals surface area contributed by atoms with Crippen LogP contribution in [0.15, 0.2) is 24.3 Å². The van der Waals surface area contributed by atoms with Gasteiger partial charge in [0.2, 0.25) is 15.9 Å². The molecule has 136 valence electrons. The zero-order valence-corrected chi connectivity index (χ0v) is 15.9. The molecular weight excluding hydrogens is 331 g/mol. The molecule has 0 aromatic heterocycles. The van der Waals surface area contributed by atoms with Crippen LogP contribution in [-0.4, -0.2) is 32.7 Å². The van der Waals surface area contributed by atoms with E-state index in [1.54, 1.807) is 0 Å². The van der Waals surface area contributed by atoms with Crippen LogP contribution in [0.1, 0.15) is 34.6 Å². The Morgan fingerprint density at radius 3 is 1.88 bits per heavy atom. The maximum absolute atomic E-state index is 13.1. The van der Waals surface area contributed by atoms with E-state index in [1.165, 1.54) is 31.2 Å². The third kappa shape index (κ3) is 5.19. The van der Waals surface area contributed by atoms with Crippen LogP contribution in [0.25, 0.3) is 0 Å². The monoisotopic (exact) mass is 358 g/mol. The summed E-state index contributed by atoms with van der Waals surface area (Å²) in [6.45, 7) is 9.54. The van der Waals surface area contributed by atoms with E-state index in [0.29, 0.717) is 0 Å². The van der Waals surface area contributed by atoms with Crippen molar-refractivity contribution in [3.63, 3.8) is 0 Å². The number of carbonyl (C=O) groups excluding carboxylic acids is 1. The van der Waals surface area contributed by atoms with Crippen LogP contribution in [-0.2, 0) is 14.8 Å².